The van der Waals surface area contributed by atoms with E-state index in [-0.39, 0.29) is 10.6 Å². The van der Waals surface area contributed by atoms with E-state index < -0.39 is 0 Å². The third kappa shape index (κ3) is 4.14. The molecule has 0 aliphatic carbocycles. The number of aromatic nitrogens is 1. The number of nitro groups is 1. The molecule has 0 saturated carbocycles. The Hall–Kier alpha value is -4.57. The van der Waals surface area contributed by atoms with Gasteiger partial charge in [0.15, 0.2) is 0 Å². The highest BCUT2D eigenvalue weighted by Gasteiger charge is 2.25. The molecule has 158 valence electrons. The molecule has 4 aromatic carbocycles. The minimum atomic E-state index is -0.372. The normalized spacial score (nSPS) is 10.7. The van der Waals surface area contributed by atoms with Gasteiger partial charge in [-0.1, -0.05) is 66.7 Å². The number of hydrogen-bond donors (Lipinski definition) is 0. The first-order chi connectivity index (χ1) is 16.2. The number of nitrogens with zero attached hydrogens (tertiary/aromatic N) is 2. The van der Waals surface area contributed by atoms with Crippen LogP contribution in [0.5, 0.6) is 0 Å². The Labute approximate surface area is 192 Å². The fraction of sp³-hybridized carbons (Fsp3) is 0. The molecule has 33 heavy (non-hydrogen) atoms. The first kappa shape index (κ1) is 20.3. The van der Waals surface area contributed by atoms with E-state index in [0.29, 0.717) is 0 Å². The van der Waals surface area contributed by atoms with Crippen molar-refractivity contribution in [2.75, 3.05) is 0 Å². The summed E-state index contributed by atoms with van der Waals surface area (Å²) in [6.07, 6.45) is 0. The number of hydrogen-bond acceptors (Lipinski definition) is 2. The Morgan fingerprint density at radius 1 is 0.515 bits per heavy atom. The highest BCUT2D eigenvalue weighted by molar-refractivity contribution is 5.74. The van der Waals surface area contributed by atoms with E-state index in [2.05, 4.69) is 53.1 Å². The predicted octanol–water partition coefficient (Wildman–Crippen LogP) is 6.87. The van der Waals surface area contributed by atoms with Crippen LogP contribution in [0.2, 0.25) is 0 Å². The van der Waals surface area contributed by atoms with E-state index in [1.807, 2.05) is 54.6 Å². The van der Waals surface area contributed by atoms with Crippen LogP contribution in [0.25, 0.3) is 39.3 Å². The summed E-state index contributed by atoms with van der Waals surface area (Å²) < 4.78 is 2.17. The number of pyridine rings is 1. The molecule has 0 unspecified atom stereocenters. The lowest BCUT2D eigenvalue weighted by molar-refractivity contribution is -0.572. The SMILES string of the molecule is O=[N+]([O-])c1ccc(-[n+]2c(-c3ccccc3)cc(-c3ccccc3)cc2-c2ccccc2)cc1. The first-order valence-corrected chi connectivity index (χ1v) is 10.7. The highest BCUT2D eigenvalue weighted by atomic mass is 16.6. The Morgan fingerprint density at radius 2 is 0.939 bits per heavy atom. The van der Waals surface area contributed by atoms with Crippen molar-refractivity contribution in [1.29, 1.82) is 0 Å². The smallest absolute Gasteiger partial charge is 0.258 e. The standard InChI is InChI=1S/C29H21N2O2/c32-31(33)27-18-16-26(17-19-27)30-28(23-12-6-2-7-13-23)20-25(22-10-4-1-5-11-22)21-29(30)24-14-8-3-9-15-24/h1-21H/q+1. The van der Waals surface area contributed by atoms with Crippen molar-refractivity contribution in [2.45, 2.75) is 0 Å². The zero-order chi connectivity index (χ0) is 22.6. The van der Waals surface area contributed by atoms with Crippen molar-refractivity contribution in [3.8, 4) is 39.3 Å². The number of non-ortho nitro benzene ring substituents is 1. The van der Waals surface area contributed by atoms with Crippen LogP contribution in [0.15, 0.2) is 127 Å². The lowest BCUT2D eigenvalue weighted by atomic mass is 9.98. The van der Waals surface area contributed by atoms with Gasteiger partial charge in [-0.25, -0.2) is 0 Å². The van der Waals surface area contributed by atoms with E-state index in [4.69, 9.17) is 0 Å². The van der Waals surface area contributed by atoms with Gasteiger partial charge in [0.05, 0.1) is 4.92 Å². The second kappa shape index (κ2) is 8.89. The maximum absolute atomic E-state index is 11.2. The summed E-state index contributed by atoms with van der Waals surface area (Å²) in [5.74, 6) is 0. The maximum atomic E-state index is 11.2. The van der Waals surface area contributed by atoms with E-state index in [1.165, 1.54) is 0 Å². The summed E-state index contributed by atoms with van der Waals surface area (Å²) in [5.41, 5.74) is 7.29. The molecule has 0 amide bonds. The Bertz CT molecular complexity index is 1340. The zero-order valence-electron chi connectivity index (χ0n) is 17.8. The maximum Gasteiger partial charge on any atom is 0.269 e. The number of nitro benzene ring substituents is 1. The minimum absolute atomic E-state index is 0.0720. The van der Waals surface area contributed by atoms with Gasteiger partial charge in [0.2, 0.25) is 17.1 Å². The van der Waals surface area contributed by atoms with Gasteiger partial charge in [0.1, 0.15) is 0 Å². The van der Waals surface area contributed by atoms with E-state index in [9.17, 15) is 10.1 Å². The molecule has 0 radical (unpaired) electrons. The predicted molar refractivity (Wildman–Crippen MR) is 131 cm³/mol. The van der Waals surface area contributed by atoms with Crippen LogP contribution in [0.1, 0.15) is 0 Å². The summed E-state index contributed by atoms with van der Waals surface area (Å²) in [5, 5.41) is 11.2. The van der Waals surface area contributed by atoms with Gasteiger partial charge in [-0.2, -0.15) is 4.57 Å². The molecule has 5 aromatic rings. The molecule has 0 aliphatic rings. The van der Waals surface area contributed by atoms with Gasteiger partial charge in [-0.05, 0) is 35.4 Å². The fourth-order valence-corrected chi connectivity index (χ4v) is 4.04. The molecule has 1 heterocycles. The quantitative estimate of drug-likeness (QED) is 0.174. The molecule has 0 N–H and O–H groups in total. The van der Waals surface area contributed by atoms with Crippen LogP contribution >= 0.6 is 0 Å². The van der Waals surface area contributed by atoms with Crippen molar-refractivity contribution in [2.24, 2.45) is 0 Å². The van der Waals surface area contributed by atoms with Crippen molar-refractivity contribution in [1.82, 2.24) is 0 Å². The van der Waals surface area contributed by atoms with Gasteiger partial charge in [-0.15, -0.1) is 0 Å². The van der Waals surface area contributed by atoms with E-state index >= 15 is 0 Å². The van der Waals surface area contributed by atoms with Crippen LogP contribution in [0.4, 0.5) is 5.69 Å². The van der Waals surface area contributed by atoms with Gasteiger partial charge in [-0.3, -0.25) is 10.1 Å². The van der Waals surface area contributed by atoms with Crippen molar-refractivity contribution >= 4 is 5.69 Å². The Kier molecular flexibility index (Phi) is 5.48. The van der Waals surface area contributed by atoms with Gasteiger partial charge < -0.3 is 0 Å². The second-order valence-electron chi connectivity index (χ2n) is 7.72. The lowest BCUT2D eigenvalue weighted by Gasteiger charge is -2.12. The third-order valence-corrected chi connectivity index (χ3v) is 5.63. The topological polar surface area (TPSA) is 47.0 Å². The summed E-state index contributed by atoms with van der Waals surface area (Å²) in [6, 6.07) is 41.8. The Balaban J connectivity index is 1.84. The molecule has 0 atom stereocenters. The summed E-state index contributed by atoms with van der Waals surface area (Å²) in [4.78, 5) is 10.9. The fourth-order valence-electron chi connectivity index (χ4n) is 4.04. The lowest BCUT2D eigenvalue weighted by Crippen LogP contribution is -2.36. The molecule has 4 nitrogen and oxygen atoms in total. The monoisotopic (exact) mass is 429 g/mol. The molecule has 0 bridgehead atoms. The first-order valence-electron chi connectivity index (χ1n) is 10.7. The van der Waals surface area contributed by atoms with Crippen LogP contribution in [-0.4, -0.2) is 4.92 Å². The molecule has 4 heteroatoms. The van der Waals surface area contributed by atoms with Crippen molar-refractivity contribution in [3.63, 3.8) is 0 Å². The van der Waals surface area contributed by atoms with Crippen LogP contribution < -0.4 is 4.57 Å². The van der Waals surface area contributed by atoms with E-state index in [1.54, 1.807) is 24.3 Å². The van der Waals surface area contributed by atoms with Gasteiger partial charge in [0, 0.05) is 47.5 Å². The van der Waals surface area contributed by atoms with E-state index in [0.717, 1.165) is 39.3 Å². The minimum Gasteiger partial charge on any atom is -0.258 e. The average molecular weight is 429 g/mol. The molecule has 5 rings (SSSR count). The molecular weight excluding hydrogens is 408 g/mol. The van der Waals surface area contributed by atoms with Crippen LogP contribution in [0.3, 0.4) is 0 Å². The number of rotatable bonds is 5. The number of benzene rings is 4. The zero-order valence-corrected chi connectivity index (χ0v) is 17.8. The van der Waals surface area contributed by atoms with Crippen molar-refractivity contribution in [3.05, 3.63) is 138 Å². The summed E-state index contributed by atoms with van der Waals surface area (Å²) in [7, 11) is 0. The summed E-state index contributed by atoms with van der Waals surface area (Å²) >= 11 is 0. The van der Waals surface area contributed by atoms with Crippen LogP contribution in [-0.2, 0) is 0 Å². The van der Waals surface area contributed by atoms with Crippen LogP contribution in [0, 0.1) is 10.1 Å². The second-order valence-corrected chi connectivity index (χ2v) is 7.72. The molecule has 0 saturated heterocycles. The Morgan fingerprint density at radius 3 is 1.36 bits per heavy atom. The molecule has 0 spiro atoms. The highest BCUT2D eigenvalue weighted by Crippen LogP contribution is 2.30. The molecule has 0 fully saturated rings. The average Bonchev–Trinajstić information content (AvgIpc) is 2.89. The van der Waals surface area contributed by atoms with Gasteiger partial charge in [0.25, 0.3) is 5.69 Å². The van der Waals surface area contributed by atoms with Crippen molar-refractivity contribution < 1.29 is 9.49 Å². The molecule has 1 aromatic heterocycles. The molecular formula is C29H21N2O2+. The third-order valence-electron chi connectivity index (χ3n) is 5.63. The van der Waals surface area contributed by atoms with Gasteiger partial charge >= 0.3 is 0 Å². The largest absolute Gasteiger partial charge is 0.269 e. The summed E-state index contributed by atoms with van der Waals surface area (Å²) in [6.45, 7) is 0. The molecule has 0 aliphatic heterocycles.